The fraction of sp³-hybridized carbons (Fsp3) is 0.333. The predicted molar refractivity (Wildman–Crippen MR) is 99.0 cm³/mol. The van der Waals surface area contributed by atoms with Gasteiger partial charge < -0.3 is 10.0 Å². The molecular weight excluding hydrogens is 328 g/mol. The Labute approximate surface area is 148 Å². The number of rotatable bonds is 6. The monoisotopic (exact) mass is 350 g/mol. The van der Waals surface area contributed by atoms with Gasteiger partial charge in [-0.05, 0) is 32.3 Å². The molecule has 0 aliphatic heterocycles. The Kier molecular flexibility index (Phi) is 7.19. The molecule has 5 nitrogen and oxygen atoms in total. The third kappa shape index (κ3) is 4.24. The molecule has 6 heteroatoms. The Hall–Kier alpha value is -2.11. The van der Waals surface area contributed by atoms with Crippen LogP contribution in [0.1, 0.15) is 13.8 Å². The Balaban J connectivity index is 0.00000288. The molecule has 24 heavy (non-hydrogen) atoms. The minimum atomic E-state index is -0.937. The highest BCUT2D eigenvalue weighted by Crippen LogP contribution is 2.26. The average Bonchev–Trinajstić information content (AvgIpc) is 2.54. The molecular formula is C18H23ClN2O3. The molecule has 0 spiro atoms. The fourth-order valence-corrected chi connectivity index (χ4v) is 2.55. The molecule has 1 atom stereocenters. The zero-order chi connectivity index (χ0) is 17.0. The number of hydrogen-bond donors (Lipinski definition) is 1. The van der Waals surface area contributed by atoms with Gasteiger partial charge in [-0.1, -0.05) is 36.4 Å². The summed E-state index contributed by atoms with van der Waals surface area (Å²) in [6.45, 7) is 4.08. The molecule has 0 saturated carbocycles. The summed E-state index contributed by atoms with van der Waals surface area (Å²) in [7, 11) is 1.65. The van der Waals surface area contributed by atoms with Crippen molar-refractivity contribution < 1.29 is 14.7 Å². The summed E-state index contributed by atoms with van der Waals surface area (Å²) in [4.78, 5) is 26.9. The summed E-state index contributed by atoms with van der Waals surface area (Å²) in [5.41, 5.74) is 0.854. The summed E-state index contributed by atoms with van der Waals surface area (Å²) in [5, 5.41) is 11.1. The van der Waals surface area contributed by atoms with Crippen molar-refractivity contribution in [3.05, 3.63) is 42.5 Å². The molecule has 2 rings (SSSR count). The van der Waals surface area contributed by atoms with Gasteiger partial charge in [0, 0.05) is 11.9 Å². The second kappa shape index (κ2) is 8.66. The van der Waals surface area contributed by atoms with Crippen molar-refractivity contribution in [2.24, 2.45) is 0 Å². The number of likely N-dealkylation sites (N-methyl/N-ethyl adjacent to an activating group) is 2. The number of benzene rings is 2. The number of amides is 1. The zero-order valence-corrected chi connectivity index (χ0v) is 14.9. The molecule has 0 radical (unpaired) electrons. The number of aliphatic carboxylic acids is 1. The first-order chi connectivity index (χ1) is 11.0. The second-order valence-corrected chi connectivity index (χ2v) is 5.57. The number of fused-ring (bicyclic) bond motifs is 1. The Morgan fingerprint density at radius 3 is 2.38 bits per heavy atom. The lowest BCUT2D eigenvalue weighted by atomic mass is 10.1. The van der Waals surface area contributed by atoms with Crippen LogP contribution in [-0.2, 0) is 9.59 Å². The molecule has 0 heterocycles. The van der Waals surface area contributed by atoms with Crippen LogP contribution in [0.3, 0.4) is 0 Å². The van der Waals surface area contributed by atoms with Gasteiger partial charge in [0.25, 0.3) is 0 Å². The molecule has 2 aromatic carbocycles. The predicted octanol–water partition coefficient (Wildman–Crippen LogP) is 3.02. The number of anilines is 1. The standard InChI is InChI=1S/C18H22N2O3.ClH/c1-4-20(17(21)12-19(3)13(2)18(22)23)16-11-7-9-14-8-5-6-10-15(14)16;/h5-11,13H,4,12H2,1-3H3,(H,22,23);1H. The number of carboxylic acids is 1. The van der Waals surface area contributed by atoms with E-state index in [4.69, 9.17) is 5.11 Å². The minimum Gasteiger partial charge on any atom is -0.480 e. The first kappa shape index (κ1) is 19.9. The van der Waals surface area contributed by atoms with Crippen LogP contribution in [0.2, 0.25) is 0 Å². The average molecular weight is 351 g/mol. The van der Waals surface area contributed by atoms with Gasteiger partial charge in [0.1, 0.15) is 6.04 Å². The van der Waals surface area contributed by atoms with Crippen LogP contribution in [-0.4, -0.2) is 48.1 Å². The topological polar surface area (TPSA) is 60.9 Å². The van der Waals surface area contributed by atoms with Gasteiger partial charge in [0.2, 0.25) is 5.91 Å². The van der Waals surface area contributed by atoms with E-state index in [0.29, 0.717) is 6.54 Å². The van der Waals surface area contributed by atoms with E-state index in [0.717, 1.165) is 16.5 Å². The van der Waals surface area contributed by atoms with Crippen LogP contribution in [0.25, 0.3) is 10.8 Å². The molecule has 1 unspecified atom stereocenters. The molecule has 0 aromatic heterocycles. The van der Waals surface area contributed by atoms with E-state index in [2.05, 4.69) is 0 Å². The highest BCUT2D eigenvalue weighted by molar-refractivity contribution is 6.04. The summed E-state index contributed by atoms with van der Waals surface area (Å²) in [6.07, 6.45) is 0. The van der Waals surface area contributed by atoms with E-state index in [-0.39, 0.29) is 24.9 Å². The van der Waals surface area contributed by atoms with Gasteiger partial charge in [-0.15, -0.1) is 12.4 Å². The maximum atomic E-state index is 12.6. The number of carboxylic acid groups (broad SMARTS) is 1. The Bertz CT molecular complexity index is 715. The quantitative estimate of drug-likeness (QED) is 0.870. The first-order valence-electron chi connectivity index (χ1n) is 7.66. The van der Waals surface area contributed by atoms with Crippen molar-refractivity contribution in [3.63, 3.8) is 0 Å². The first-order valence-corrected chi connectivity index (χ1v) is 7.66. The summed E-state index contributed by atoms with van der Waals surface area (Å²) in [5.74, 6) is -1.05. The van der Waals surface area contributed by atoms with E-state index >= 15 is 0 Å². The Morgan fingerprint density at radius 2 is 1.75 bits per heavy atom. The van der Waals surface area contributed by atoms with Gasteiger partial charge in [-0.3, -0.25) is 14.5 Å². The largest absolute Gasteiger partial charge is 0.480 e. The van der Waals surface area contributed by atoms with Crippen LogP contribution >= 0.6 is 12.4 Å². The van der Waals surface area contributed by atoms with E-state index in [1.54, 1.807) is 23.8 Å². The molecule has 0 aliphatic rings. The van der Waals surface area contributed by atoms with Crippen molar-refractivity contribution in [2.75, 3.05) is 25.0 Å². The lowest BCUT2D eigenvalue weighted by Gasteiger charge is -2.27. The fourth-order valence-electron chi connectivity index (χ4n) is 2.55. The molecule has 2 aromatic rings. The Morgan fingerprint density at radius 1 is 1.12 bits per heavy atom. The molecule has 1 amide bonds. The molecule has 0 aliphatic carbocycles. The number of carbonyl (C=O) groups is 2. The highest BCUT2D eigenvalue weighted by atomic mass is 35.5. The van der Waals surface area contributed by atoms with E-state index in [1.165, 1.54) is 0 Å². The van der Waals surface area contributed by atoms with Crippen molar-refractivity contribution in [1.82, 2.24) is 4.90 Å². The SMILES string of the molecule is CCN(C(=O)CN(C)C(C)C(=O)O)c1cccc2ccccc12.Cl. The number of carbonyl (C=O) groups excluding carboxylic acids is 1. The molecule has 0 fully saturated rings. The molecule has 1 N–H and O–H groups in total. The van der Waals surface area contributed by atoms with Crippen LogP contribution in [0, 0.1) is 0 Å². The maximum absolute atomic E-state index is 12.6. The van der Waals surface area contributed by atoms with E-state index in [9.17, 15) is 9.59 Å². The molecule has 0 bridgehead atoms. The normalized spacial score (nSPS) is 11.8. The van der Waals surface area contributed by atoms with Crippen LogP contribution in [0.5, 0.6) is 0 Å². The second-order valence-electron chi connectivity index (χ2n) is 5.57. The van der Waals surface area contributed by atoms with Crippen molar-refractivity contribution in [3.8, 4) is 0 Å². The molecule has 130 valence electrons. The number of halogens is 1. The third-order valence-corrected chi connectivity index (χ3v) is 4.08. The van der Waals surface area contributed by atoms with Crippen LogP contribution in [0.15, 0.2) is 42.5 Å². The van der Waals surface area contributed by atoms with Gasteiger partial charge in [0.05, 0.1) is 12.2 Å². The van der Waals surface area contributed by atoms with Gasteiger partial charge in [-0.25, -0.2) is 0 Å². The third-order valence-electron chi connectivity index (χ3n) is 4.08. The summed E-state index contributed by atoms with van der Waals surface area (Å²) >= 11 is 0. The van der Waals surface area contributed by atoms with Crippen molar-refractivity contribution >= 4 is 40.7 Å². The van der Waals surface area contributed by atoms with Gasteiger partial charge in [0.15, 0.2) is 0 Å². The minimum absolute atomic E-state index is 0. The molecule has 0 saturated heterocycles. The van der Waals surface area contributed by atoms with Crippen molar-refractivity contribution in [1.29, 1.82) is 0 Å². The van der Waals surface area contributed by atoms with E-state index in [1.807, 2.05) is 49.4 Å². The summed E-state index contributed by atoms with van der Waals surface area (Å²) < 4.78 is 0. The smallest absolute Gasteiger partial charge is 0.320 e. The lowest BCUT2D eigenvalue weighted by Crippen LogP contribution is -2.44. The van der Waals surface area contributed by atoms with Crippen molar-refractivity contribution in [2.45, 2.75) is 19.9 Å². The van der Waals surface area contributed by atoms with E-state index < -0.39 is 12.0 Å². The number of nitrogens with zero attached hydrogens (tertiary/aromatic N) is 2. The number of hydrogen-bond acceptors (Lipinski definition) is 3. The highest BCUT2D eigenvalue weighted by Gasteiger charge is 2.23. The maximum Gasteiger partial charge on any atom is 0.320 e. The van der Waals surface area contributed by atoms with Crippen LogP contribution < -0.4 is 4.90 Å². The van der Waals surface area contributed by atoms with Gasteiger partial charge in [-0.2, -0.15) is 0 Å². The van der Waals surface area contributed by atoms with Gasteiger partial charge >= 0.3 is 5.97 Å². The zero-order valence-electron chi connectivity index (χ0n) is 14.1. The summed E-state index contributed by atoms with van der Waals surface area (Å²) in [6, 6.07) is 13.1. The lowest BCUT2D eigenvalue weighted by molar-refractivity contribution is -0.142. The van der Waals surface area contributed by atoms with Crippen LogP contribution in [0.4, 0.5) is 5.69 Å².